The Bertz CT molecular complexity index is 894. The third-order valence-electron chi connectivity index (χ3n) is 3.11. The number of hydrogen-bond acceptors (Lipinski definition) is 6. The summed E-state index contributed by atoms with van der Waals surface area (Å²) in [5, 5.41) is 3.58. The zero-order valence-electron chi connectivity index (χ0n) is 10.9. The molecule has 0 saturated heterocycles. The number of nitrogens with two attached hydrogens (primary N) is 1. The van der Waals surface area contributed by atoms with Gasteiger partial charge in [0.1, 0.15) is 16.5 Å². The Morgan fingerprint density at radius 3 is 2.95 bits per heavy atom. The van der Waals surface area contributed by atoms with Gasteiger partial charge in [-0.15, -0.1) is 11.3 Å². The van der Waals surface area contributed by atoms with E-state index in [2.05, 4.69) is 19.9 Å². The number of thiophene rings is 1. The molecule has 0 aliphatic heterocycles. The van der Waals surface area contributed by atoms with Crippen molar-refractivity contribution >= 4 is 50.2 Å². The molecule has 0 bridgehead atoms. The number of fused-ring (bicyclic) bond motifs is 2. The number of nitrogens with zero attached hydrogens (tertiary/aromatic N) is 3. The van der Waals surface area contributed by atoms with E-state index in [1.807, 2.05) is 35.7 Å². The number of nitrogen functional groups attached to an aromatic ring is 1. The molecule has 3 heterocycles. The van der Waals surface area contributed by atoms with E-state index in [1.165, 1.54) is 11.8 Å². The first kappa shape index (κ1) is 12.6. The molecule has 0 aliphatic carbocycles. The first-order valence-corrected chi connectivity index (χ1v) is 8.23. The molecule has 0 aliphatic rings. The third-order valence-corrected chi connectivity index (χ3v) is 4.78. The van der Waals surface area contributed by atoms with Crippen molar-refractivity contribution in [3.05, 3.63) is 41.5 Å². The number of aromatic amines is 1. The van der Waals surface area contributed by atoms with Gasteiger partial charge in [0.15, 0.2) is 5.16 Å². The number of para-hydroxylation sites is 2. The maximum absolute atomic E-state index is 5.95. The quantitative estimate of drug-likeness (QED) is 0.447. The van der Waals surface area contributed by atoms with Crippen molar-refractivity contribution in [3.63, 3.8) is 0 Å². The number of benzene rings is 1. The summed E-state index contributed by atoms with van der Waals surface area (Å²) in [5.41, 5.74) is 7.97. The van der Waals surface area contributed by atoms with Crippen molar-refractivity contribution in [1.29, 1.82) is 0 Å². The van der Waals surface area contributed by atoms with Gasteiger partial charge in [-0.1, -0.05) is 23.9 Å². The predicted octanol–water partition coefficient (Wildman–Crippen LogP) is 3.44. The molecule has 3 aromatic heterocycles. The highest BCUT2D eigenvalue weighted by atomic mass is 32.2. The molecular formula is C14H11N5S2. The smallest absolute Gasteiger partial charge is 0.191 e. The van der Waals surface area contributed by atoms with Crippen molar-refractivity contribution in [1.82, 2.24) is 19.9 Å². The first-order valence-electron chi connectivity index (χ1n) is 6.37. The SMILES string of the molecule is Nc1nc(SCc2nc3ccccc3[nH]2)nc2sccc12. The lowest BCUT2D eigenvalue weighted by molar-refractivity contribution is 1.01. The second-order valence-electron chi connectivity index (χ2n) is 4.52. The van der Waals surface area contributed by atoms with Crippen molar-refractivity contribution < 1.29 is 0 Å². The van der Waals surface area contributed by atoms with Crippen LogP contribution in [-0.2, 0) is 5.75 Å². The van der Waals surface area contributed by atoms with Crippen molar-refractivity contribution in [2.45, 2.75) is 10.9 Å². The van der Waals surface area contributed by atoms with Crippen LogP contribution in [0.3, 0.4) is 0 Å². The Labute approximate surface area is 128 Å². The van der Waals surface area contributed by atoms with Crippen LogP contribution in [0.25, 0.3) is 21.3 Å². The second kappa shape index (κ2) is 5.01. The Kier molecular flexibility index (Phi) is 3.01. The molecule has 0 fully saturated rings. The number of thioether (sulfide) groups is 1. The number of anilines is 1. The minimum atomic E-state index is 0.536. The molecular weight excluding hydrogens is 302 g/mol. The Morgan fingerprint density at radius 1 is 1.14 bits per heavy atom. The number of imidazole rings is 1. The number of aromatic nitrogens is 4. The maximum Gasteiger partial charge on any atom is 0.191 e. The molecule has 0 amide bonds. The lowest BCUT2D eigenvalue weighted by Crippen LogP contribution is -1.95. The minimum Gasteiger partial charge on any atom is -0.383 e. The van der Waals surface area contributed by atoms with Gasteiger partial charge < -0.3 is 10.7 Å². The summed E-state index contributed by atoms with van der Waals surface area (Å²) in [6, 6.07) is 9.93. The van der Waals surface area contributed by atoms with E-state index in [0.29, 0.717) is 16.7 Å². The van der Waals surface area contributed by atoms with E-state index in [9.17, 15) is 0 Å². The molecule has 7 heteroatoms. The lowest BCUT2D eigenvalue weighted by Gasteiger charge is -2.00. The van der Waals surface area contributed by atoms with Crippen LogP contribution >= 0.6 is 23.1 Å². The number of rotatable bonds is 3. The van der Waals surface area contributed by atoms with Crippen LogP contribution in [0.1, 0.15) is 5.82 Å². The van der Waals surface area contributed by atoms with E-state index >= 15 is 0 Å². The Balaban J connectivity index is 1.59. The highest BCUT2D eigenvalue weighted by molar-refractivity contribution is 7.98. The second-order valence-corrected chi connectivity index (χ2v) is 6.36. The third kappa shape index (κ3) is 2.34. The number of hydrogen-bond donors (Lipinski definition) is 2. The number of H-pyrrole nitrogens is 1. The standard InChI is InChI=1S/C14H11N5S2/c15-12-8-5-6-20-13(8)19-14(18-12)21-7-11-16-9-3-1-2-4-10(9)17-11/h1-6H,7H2,(H,16,17)(H2,15,18,19). The first-order chi connectivity index (χ1) is 10.3. The summed E-state index contributed by atoms with van der Waals surface area (Å²) in [6.07, 6.45) is 0. The molecule has 4 rings (SSSR count). The van der Waals surface area contributed by atoms with Crippen LogP contribution in [-0.4, -0.2) is 19.9 Å². The highest BCUT2D eigenvalue weighted by Crippen LogP contribution is 2.27. The van der Waals surface area contributed by atoms with Crippen molar-refractivity contribution in [2.24, 2.45) is 0 Å². The van der Waals surface area contributed by atoms with E-state index in [-0.39, 0.29) is 0 Å². The molecule has 0 unspecified atom stereocenters. The average molecular weight is 313 g/mol. The highest BCUT2D eigenvalue weighted by Gasteiger charge is 2.08. The van der Waals surface area contributed by atoms with Gasteiger partial charge in [-0.25, -0.2) is 15.0 Å². The van der Waals surface area contributed by atoms with Gasteiger partial charge in [-0.2, -0.15) is 0 Å². The maximum atomic E-state index is 5.95. The van der Waals surface area contributed by atoms with E-state index in [4.69, 9.17) is 5.73 Å². The normalized spacial score (nSPS) is 11.4. The fourth-order valence-electron chi connectivity index (χ4n) is 2.13. The van der Waals surface area contributed by atoms with Crippen LogP contribution < -0.4 is 5.73 Å². The van der Waals surface area contributed by atoms with E-state index in [1.54, 1.807) is 11.3 Å². The van der Waals surface area contributed by atoms with Gasteiger partial charge in [0.05, 0.1) is 22.2 Å². The molecule has 0 spiro atoms. The fourth-order valence-corrected chi connectivity index (χ4v) is 3.68. The minimum absolute atomic E-state index is 0.536. The Morgan fingerprint density at radius 2 is 2.05 bits per heavy atom. The number of nitrogens with one attached hydrogen (secondary N) is 1. The summed E-state index contributed by atoms with van der Waals surface area (Å²) in [4.78, 5) is 17.6. The van der Waals surface area contributed by atoms with Crippen LogP contribution in [0.2, 0.25) is 0 Å². The summed E-state index contributed by atoms with van der Waals surface area (Å²) in [7, 11) is 0. The van der Waals surface area contributed by atoms with Crippen LogP contribution in [0.15, 0.2) is 40.9 Å². The predicted molar refractivity (Wildman–Crippen MR) is 87.5 cm³/mol. The van der Waals surface area contributed by atoms with Gasteiger partial charge >= 0.3 is 0 Å². The van der Waals surface area contributed by atoms with Crippen molar-refractivity contribution in [3.8, 4) is 0 Å². The molecule has 104 valence electrons. The molecule has 0 saturated carbocycles. The van der Waals surface area contributed by atoms with Crippen LogP contribution in [0.4, 0.5) is 5.82 Å². The molecule has 5 nitrogen and oxygen atoms in total. The molecule has 21 heavy (non-hydrogen) atoms. The van der Waals surface area contributed by atoms with Gasteiger partial charge in [-0.05, 0) is 23.6 Å². The fraction of sp³-hybridized carbons (Fsp3) is 0.0714. The molecule has 3 N–H and O–H groups in total. The molecule has 1 aromatic carbocycles. The van der Waals surface area contributed by atoms with Crippen LogP contribution in [0.5, 0.6) is 0 Å². The summed E-state index contributed by atoms with van der Waals surface area (Å²) >= 11 is 3.11. The topological polar surface area (TPSA) is 80.5 Å². The lowest BCUT2D eigenvalue weighted by atomic mass is 10.3. The summed E-state index contributed by atoms with van der Waals surface area (Å²) in [6.45, 7) is 0. The largest absolute Gasteiger partial charge is 0.383 e. The summed E-state index contributed by atoms with van der Waals surface area (Å²) in [5.74, 6) is 2.13. The zero-order chi connectivity index (χ0) is 14.2. The van der Waals surface area contributed by atoms with Gasteiger partial charge in [0, 0.05) is 0 Å². The Hall–Kier alpha value is -2.12. The van der Waals surface area contributed by atoms with Crippen molar-refractivity contribution in [2.75, 3.05) is 5.73 Å². The summed E-state index contributed by atoms with van der Waals surface area (Å²) < 4.78 is 0. The monoisotopic (exact) mass is 313 g/mol. The van der Waals surface area contributed by atoms with Gasteiger partial charge in [0.2, 0.25) is 0 Å². The zero-order valence-corrected chi connectivity index (χ0v) is 12.5. The molecule has 4 aromatic rings. The van der Waals surface area contributed by atoms with E-state index in [0.717, 1.165) is 27.1 Å². The average Bonchev–Trinajstić information content (AvgIpc) is 3.11. The van der Waals surface area contributed by atoms with Crippen LogP contribution in [0, 0.1) is 0 Å². The van der Waals surface area contributed by atoms with Gasteiger partial charge in [0.25, 0.3) is 0 Å². The molecule has 0 atom stereocenters. The van der Waals surface area contributed by atoms with E-state index < -0.39 is 0 Å². The molecule has 0 radical (unpaired) electrons. The van der Waals surface area contributed by atoms with Gasteiger partial charge in [-0.3, -0.25) is 0 Å².